The van der Waals surface area contributed by atoms with Crippen LogP contribution in [0.25, 0.3) is 10.6 Å². The van der Waals surface area contributed by atoms with Crippen molar-refractivity contribution in [2.75, 3.05) is 56.7 Å². The summed E-state index contributed by atoms with van der Waals surface area (Å²) >= 11 is 1.53. The highest BCUT2D eigenvalue weighted by molar-refractivity contribution is 7.18. The van der Waals surface area contributed by atoms with Crippen LogP contribution in [0, 0.1) is 0 Å². The van der Waals surface area contributed by atoms with Crippen LogP contribution in [0.2, 0.25) is 0 Å². The number of aromatic nitrogens is 4. The van der Waals surface area contributed by atoms with Crippen LogP contribution in [0.1, 0.15) is 12.8 Å². The lowest BCUT2D eigenvalue weighted by molar-refractivity contribution is 0.105. The van der Waals surface area contributed by atoms with Gasteiger partial charge in [-0.2, -0.15) is 4.98 Å². The molecule has 0 bridgehead atoms. The van der Waals surface area contributed by atoms with Crippen molar-refractivity contribution in [3.8, 4) is 16.6 Å². The number of hydrogen-bond acceptors (Lipinski definition) is 10. The molecule has 3 aromatic heterocycles. The van der Waals surface area contributed by atoms with Crippen molar-refractivity contribution in [2.45, 2.75) is 18.9 Å². The molecule has 10 heteroatoms. The van der Waals surface area contributed by atoms with Gasteiger partial charge in [0.2, 0.25) is 0 Å². The lowest BCUT2D eigenvalue weighted by Crippen LogP contribution is -2.36. The minimum atomic E-state index is 0.173. The van der Waals surface area contributed by atoms with E-state index in [0.29, 0.717) is 6.01 Å². The first kappa shape index (κ1) is 21.0. The van der Waals surface area contributed by atoms with E-state index in [1.165, 1.54) is 11.3 Å². The molecule has 0 atom stereocenters. The Morgan fingerprint density at radius 3 is 2.66 bits per heavy atom. The average molecular weight is 454 g/mol. The molecule has 1 N–H and O–H groups in total. The highest BCUT2D eigenvalue weighted by atomic mass is 32.1. The molecule has 0 aromatic carbocycles. The van der Waals surface area contributed by atoms with Gasteiger partial charge in [-0.25, -0.2) is 15.0 Å². The van der Waals surface area contributed by atoms with Gasteiger partial charge >= 0.3 is 6.01 Å². The third-order valence-corrected chi connectivity index (χ3v) is 6.62. The molecule has 3 aromatic rings. The molecule has 0 amide bonds. The molecule has 2 aliphatic heterocycles. The van der Waals surface area contributed by atoms with Crippen molar-refractivity contribution in [3.63, 3.8) is 0 Å². The fraction of sp³-hybridized carbons (Fsp3) is 0.455. The Kier molecular flexibility index (Phi) is 6.42. The molecule has 2 fully saturated rings. The zero-order valence-corrected chi connectivity index (χ0v) is 18.9. The molecule has 5 rings (SSSR count). The van der Waals surface area contributed by atoms with Crippen LogP contribution in [0.15, 0.2) is 36.8 Å². The number of piperidine rings is 1. The van der Waals surface area contributed by atoms with Crippen LogP contribution in [0.4, 0.5) is 16.6 Å². The van der Waals surface area contributed by atoms with Gasteiger partial charge in [0.1, 0.15) is 11.9 Å². The predicted molar refractivity (Wildman–Crippen MR) is 125 cm³/mol. The maximum atomic E-state index is 6.03. The van der Waals surface area contributed by atoms with E-state index in [1.54, 1.807) is 6.20 Å². The Morgan fingerprint density at radius 1 is 1.03 bits per heavy atom. The van der Waals surface area contributed by atoms with E-state index < -0.39 is 0 Å². The third-order valence-electron chi connectivity index (χ3n) is 5.69. The predicted octanol–water partition coefficient (Wildman–Crippen LogP) is 3.05. The number of thiazole rings is 1. The zero-order chi connectivity index (χ0) is 21.8. The summed E-state index contributed by atoms with van der Waals surface area (Å²) in [6, 6.07) is 6.37. The number of anilines is 3. The number of rotatable bonds is 6. The summed E-state index contributed by atoms with van der Waals surface area (Å²) < 4.78 is 11.4. The zero-order valence-electron chi connectivity index (χ0n) is 18.1. The van der Waals surface area contributed by atoms with Gasteiger partial charge in [0.15, 0.2) is 5.13 Å². The summed E-state index contributed by atoms with van der Waals surface area (Å²) in [5.74, 6) is 0.761. The summed E-state index contributed by atoms with van der Waals surface area (Å²) in [6.07, 6.45) is 7.61. The Balaban J connectivity index is 1.22. The number of nitrogens with zero attached hydrogens (tertiary/aromatic N) is 6. The maximum Gasteiger partial charge on any atom is 0.317 e. The second-order valence-corrected chi connectivity index (χ2v) is 9.03. The lowest BCUT2D eigenvalue weighted by Gasteiger charge is -2.28. The summed E-state index contributed by atoms with van der Waals surface area (Å²) in [5.41, 5.74) is 1.92. The highest BCUT2D eigenvalue weighted by Crippen LogP contribution is 2.30. The molecule has 9 nitrogen and oxygen atoms in total. The van der Waals surface area contributed by atoms with E-state index in [0.717, 1.165) is 79.4 Å². The standard InChI is InChI=1S/C22H27N7O2S/c1-28-8-5-17(6-9-28)31-21-23-7-4-18(26-21)19-15-25-22(32-19)27-20-3-2-16(14-24-20)29-10-12-30-13-11-29/h2-4,7,14-15,17H,5-6,8-13H2,1H3,(H,24,25,27). The first-order valence-corrected chi connectivity index (χ1v) is 11.7. The van der Waals surface area contributed by atoms with E-state index in [2.05, 4.69) is 48.2 Å². The van der Waals surface area contributed by atoms with Gasteiger partial charge in [-0.15, -0.1) is 0 Å². The van der Waals surface area contributed by atoms with E-state index in [4.69, 9.17) is 9.47 Å². The Hall–Kier alpha value is -2.82. The van der Waals surface area contributed by atoms with Crippen LogP contribution >= 0.6 is 11.3 Å². The van der Waals surface area contributed by atoms with Crippen LogP contribution in [-0.2, 0) is 4.74 Å². The normalized spacial score (nSPS) is 18.0. The Bertz CT molecular complexity index is 1020. The number of pyridine rings is 1. The van der Waals surface area contributed by atoms with Crippen LogP contribution in [-0.4, -0.2) is 77.4 Å². The monoisotopic (exact) mass is 453 g/mol. The van der Waals surface area contributed by atoms with E-state index >= 15 is 0 Å². The molecule has 0 spiro atoms. The number of ether oxygens (including phenoxy) is 2. The summed E-state index contributed by atoms with van der Waals surface area (Å²) in [6.45, 7) is 5.39. The van der Waals surface area contributed by atoms with E-state index in [1.807, 2.05) is 24.5 Å². The van der Waals surface area contributed by atoms with Crippen LogP contribution < -0.4 is 15.0 Å². The van der Waals surface area contributed by atoms with Gasteiger partial charge in [-0.05, 0) is 38.1 Å². The van der Waals surface area contributed by atoms with Gasteiger partial charge in [-0.1, -0.05) is 11.3 Å². The molecule has 0 unspecified atom stereocenters. The van der Waals surface area contributed by atoms with Crippen molar-refractivity contribution in [1.29, 1.82) is 0 Å². The number of morpholine rings is 1. The second-order valence-electron chi connectivity index (χ2n) is 8.00. The molecular formula is C22H27N7O2S. The first-order chi connectivity index (χ1) is 15.7. The van der Waals surface area contributed by atoms with Crippen molar-refractivity contribution in [2.24, 2.45) is 0 Å². The number of hydrogen-bond donors (Lipinski definition) is 1. The number of nitrogens with one attached hydrogen (secondary N) is 1. The minimum absolute atomic E-state index is 0.173. The third kappa shape index (κ3) is 5.14. The van der Waals surface area contributed by atoms with Gasteiger partial charge in [-0.3, -0.25) is 0 Å². The average Bonchev–Trinajstić information content (AvgIpc) is 3.30. The van der Waals surface area contributed by atoms with Gasteiger partial charge in [0.05, 0.1) is 35.7 Å². The summed E-state index contributed by atoms with van der Waals surface area (Å²) in [7, 11) is 2.14. The Morgan fingerprint density at radius 2 is 1.88 bits per heavy atom. The van der Waals surface area contributed by atoms with Crippen LogP contribution in [0.3, 0.4) is 0 Å². The molecule has 0 saturated carbocycles. The van der Waals surface area contributed by atoms with Gasteiger partial charge in [0, 0.05) is 38.6 Å². The molecule has 2 saturated heterocycles. The molecule has 0 aliphatic carbocycles. The number of likely N-dealkylation sites (tertiary alicyclic amines) is 1. The van der Waals surface area contributed by atoms with Crippen LogP contribution in [0.5, 0.6) is 6.01 Å². The highest BCUT2D eigenvalue weighted by Gasteiger charge is 2.19. The summed E-state index contributed by atoms with van der Waals surface area (Å²) in [5, 5.41) is 4.05. The second kappa shape index (κ2) is 9.76. The van der Waals surface area contributed by atoms with E-state index in [9.17, 15) is 0 Å². The van der Waals surface area contributed by atoms with Crippen molar-refractivity contribution in [1.82, 2.24) is 24.8 Å². The van der Waals surface area contributed by atoms with E-state index in [-0.39, 0.29) is 6.10 Å². The topological polar surface area (TPSA) is 88.5 Å². The maximum absolute atomic E-state index is 6.03. The largest absolute Gasteiger partial charge is 0.460 e. The first-order valence-electron chi connectivity index (χ1n) is 10.9. The SMILES string of the molecule is CN1CCC(Oc2nccc(-c3cnc(Nc4ccc(N5CCOCC5)cn4)s3)n2)CC1. The molecule has 5 heterocycles. The smallest absolute Gasteiger partial charge is 0.317 e. The molecule has 32 heavy (non-hydrogen) atoms. The Labute approximate surface area is 191 Å². The minimum Gasteiger partial charge on any atom is -0.460 e. The van der Waals surface area contributed by atoms with Crippen molar-refractivity contribution < 1.29 is 9.47 Å². The molecule has 2 aliphatic rings. The molecular weight excluding hydrogens is 426 g/mol. The molecule has 168 valence electrons. The van der Waals surface area contributed by atoms with Crippen molar-refractivity contribution >= 4 is 28.0 Å². The fourth-order valence-electron chi connectivity index (χ4n) is 3.82. The molecule has 0 radical (unpaired) electrons. The van der Waals surface area contributed by atoms with Crippen molar-refractivity contribution in [3.05, 3.63) is 36.8 Å². The lowest BCUT2D eigenvalue weighted by atomic mass is 10.1. The van der Waals surface area contributed by atoms with Gasteiger partial charge in [0.25, 0.3) is 0 Å². The quantitative estimate of drug-likeness (QED) is 0.605. The fourth-order valence-corrected chi connectivity index (χ4v) is 4.61. The van der Waals surface area contributed by atoms with Gasteiger partial charge < -0.3 is 24.6 Å². The summed E-state index contributed by atoms with van der Waals surface area (Å²) in [4.78, 5) is 23.5.